The van der Waals surface area contributed by atoms with Gasteiger partial charge in [0.2, 0.25) is 11.8 Å². The standard InChI is InChI=1S/C7H13NO.C5H9NO/c1-4-7(9)8(5-2)6-3;1-3-4(2)5(6)7/h4H,1,5-6H2,2-3H3;3H,1-2H3,(H2,6,7). The van der Waals surface area contributed by atoms with E-state index in [1.807, 2.05) is 13.8 Å². The summed E-state index contributed by atoms with van der Waals surface area (Å²) in [6, 6.07) is 0. The van der Waals surface area contributed by atoms with Gasteiger partial charge in [-0.15, -0.1) is 0 Å². The summed E-state index contributed by atoms with van der Waals surface area (Å²) in [7, 11) is 0. The fraction of sp³-hybridized carbons (Fsp3) is 0.500. The molecule has 16 heavy (non-hydrogen) atoms. The van der Waals surface area contributed by atoms with E-state index in [2.05, 4.69) is 6.58 Å². The van der Waals surface area contributed by atoms with Crippen molar-refractivity contribution in [3.05, 3.63) is 24.3 Å². The first-order chi connectivity index (χ1) is 7.44. The second-order valence-electron chi connectivity index (χ2n) is 3.05. The highest BCUT2D eigenvalue weighted by Gasteiger charge is 2.01. The molecule has 0 unspecified atom stereocenters. The number of rotatable bonds is 4. The lowest BCUT2D eigenvalue weighted by Crippen LogP contribution is -2.28. The van der Waals surface area contributed by atoms with Gasteiger partial charge < -0.3 is 10.6 Å². The zero-order valence-corrected chi connectivity index (χ0v) is 10.6. The lowest BCUT2D eigenvalue weighted by atomic mass is 10.3. The van der Waals surface area contributed by atoms with E-state index in [9.17, 15) is 9.59 Å². The van der Waals surface area contributed by atoms with Gasteiger partial charge in [0.15, 0.2) is 0 Å². The van der Waals surface area contributed by atoms with Gasteiger partial charge in [0.05, 0.1) is 0 Å². The van der Waals surface area contributed by atoms with E-state index in [0.717, 1.165) is 13.1 Å². The Balaban J connectivity index is 0. The molecule has 0 atom stereocenters. The first kappa shape index (κ1) is 16.8. The van der Waals surface area contributed by atoms with Crippen LogP contribution in [0.15, 0.2) is 24.3 Å². The number of carbonyl (C=O) groups excluding carboxylic acids is 2. The number of hydrogen-bond acceptors (Lipinski definition) is 2. The number of likely N-dealkylation sites (N-methyl/N-ethyl adjacent to an activating group) is 1. The molecule has 92 valence electrons. The monoisotopic (exact) mass is 226 g/mol. The number of carbonyl (C=O) groups is 2. The molecule has 0 aromatic heterocycles. The number of nitrogens with two attached hydrogens (primary N) is 1. The van der Waals surface area contributed by atoms with Gasteiger partial charge >= 0.3 is 0 Å². The zero-order chi connectivity index (χ0) is 13.1. The molecule has 4 nitrogen and oxygen atoms in total. The summed E-state index contributed by atoms with van der Waals surface area (Å²) in [5, 5.41) is 0. The highest BCUT2D eigenvalue weighted by Crippen LogP contribution is 1.87. The van der Waals surface area contributed by atoms with Gasteiger partial charge in [-0.05, 0) is 33.8 Å². The molecule has 0 bridgehead atoms. The largest absolute Gasteiger partial charge is 0.366 e. The maximum atomic E-state index is 10.8. The molecule has 0 saturated heterocycles. The molecule has 0 aromatic rings. The minimum Gasteiger partial charge on any atom is -0.366 e. The van der Waals surface area contributed by atoms with Crippen LogP contribution in [-0.4, -0.2) is 29.8 Å². The van der Waals surface area contributed by atoms with Crippen LogP contribution in [0.2, 0.25) is 0 Å². The fourth-order valence-electron chi connectivity index (χ4n) is 0.807. The summed E-state index contributed by atoms with van der Waals surface area (Å²) in [6.45, 7) is 12.3. The van der Waals surface area contributed by atoms with E-state index in [4.69, 9.17) is 5.73 Å². The molecule has 0 radical (unpaired) electrons. The lowest BCUT2D eigenvalue weighted by molar-refractivity contribution is -0.125. The Bertz CT molecular complexity index is 266. The quantitative estimate of drug-likeness (QED) is 0.738. The first-order valence-corrected chi connectivity index (χ1v) is 5.28. The van der Waals surface area contributed by atoms with Crippen LogP contribution in [0.4, 0.5) is 0 Å². The number of primary amides is 1. The van der Waals surface area contributed by atoms with Crippen LogP contribution in [0.1, 0.15) is 27.7 Å². The van der Waals surface area contributed by atoms with Crippen LogP contribution in [0, 0.1) is 0 Å². The van der Waals surface area contributed by atoms with E-state index < -0.39 is 0 Å². The summed E-state index contributed by atoms with van der Waals surface area (Å²) in [5.41, 5.74) is 5.45. The first-order valence-electron chi connectivity index (χ1n) is 5.28. The summed E-state index contributed by atoms with van der Waals surface area (Å²) >= 11 is 0. The Kier molecular flexibility index (Phi) is 10.5. The molecule has 0 heterocycles. The van der Waals surface area contributed by atoms with Crippen LogP contribution in [0.25, 0.3) is 0 Å². The Morgan fingerprint density at radius 3 is 1.81 bits per heavy atom. The Labute approximate surface area is 97.8 Å². The SMILES string of the molecule is C=CC(=O)N(CC)CC.CC=C(C)C(N)=O. The van der Waals surface area contributed by atoms with Gasteiger partial charge in [-0.25, -0.2) is 0 Å². The van der Waals surface area contributed by atoms with E-state index in [-0.39, 0.29) is 11.8 Å². The van der Waals surface area contributed by atoms with Crippen LogP contribution >= 0.6 is 0 Å². The minimum absolute atomic E-state index is 0.0139. The molecule has 0 aliphatic rings. The third-order valence-electron chi connectivity index (χ3n) is 2.07. The van der Waals surface area contributed by atoms with Crippen LogP contribution in [0.3, 0.4) is 0 Å². The summed E-state index contributed by atoms with van der Waals surface area (Å²) < 4.78 is 0. The van der Waals surface area contributed by atoms with Gasteiger partial charge in [-0.3, -0.25) is 9.59 Å². The van der Waals surface area contributed by atoms with Gasteiger partial charge in [0, 0.05) is 18.7 Å². The Morgan fingerprint density at radius 1 is 1.31 bits per heavy atom. The van der Waals surface area contributed by atoms with Crippen molar-refractivity contribution in [3.8, 4) is 0 Å². The second-order valence-corrected chi connectivity index (χ2v) is 3.05. The highest BCUT2D eigenvalue weighted by molar-refractivity contribution is 5.91. The van der Waals surface area contributed by atoms with E-state index >= 15 is 0 Å². The Hall–Kier alpha value is -1.58. The number of amides is 2. The predicted octanol–water partition coefficient (Wildman–Crippen LogP) is 1.48. The average molecular weight is 226 g/mol. The molecular weight excluding hydrogens is 204 g/mol. The van der Waals surface area contributed by atoms with Crippen molar-refractivity contribution in [1.82, 2.24) is 4.90 Å². The van der Waals surface area contributed by atoms with Gasteiger partial charge in [0.25, 0.3) is 0 Å². The molecule has 0 aromatic carbocycles. The normalized spacial score (nSPS) is 9.88. The molecular formula is C12H22N2O2. The third kappa shape index (κ3) is 7.79. The van der Waals surface area contributed by atoms with Crippen LogP contribution < -0.4 is 5.73 Å². The van der Waals surface area contributed by atoms with Crippen molar-refractivity contribution < 1.29 is 9.59 Å². The van der Waals surface area contributed by atoms with Crippen LogP contribution in [-0.2, 0) is 9.59 Å². The fourth-order valence-corrected chi connectivity index (χ4v) is 0.807. The summed E-state index contributed by atoms with van der Waals surface area (Å²) in [5.74, 6) is -0.331. The molecule has 2 amide bonds. The maximum absolute atomic E-state index is 10.8. The molecule has 2 N–H and O–H groups in total. The van der Waals surface area contributed by atoms with Crippen LogP contribution in [0.5, 0.6) is 0 Å². The number of hydrogen-bond donors (Lipinski definition) is 1. The molecule has 0 saturated carbocycles. The predicted molar refractivity (Wildman–Crippen MR) is 66.8 cm³/mol. The number of allylic oxidation sites excluding steroid dienone is 1. The second kappa shape index (κ2) is 9.96. The minimum atomic E-state index is -0.345. The van der Waals surface area contributed by atoms with E-state index in [1.165, 1.54) is 6.08 Å². The lowest BCUT2D eigenvalue weighted by Gasteiger charge is -2.15. The van der Waals surface area contributed by atoms with E-state index in [1.54, 1.807) is 24.8 Å². The average Bonchev–Trinajstić information content (AvgIpc) is 2.29. The molecule has 0 rings (SSSR count). The molecule has 0 fully saturated rings. The molecule has 4 heteroatoms. The molecule has 0 aliphatic heterocycles. The highest BCUT2D eigenvalue weighted by atomic mass is 16.2. The number of nitrogens with zero attached hydrogens (tertiary/aromatic N) is 1. The van der Waals surface area contributed by atoms with Gasteiger partial charge in [0.1, 0.15) is 0 Å². The van der Waals surface area contributed by atoms with E-state index in [0.29, 0.717) is 5.57 Å². The molecule has 0 spiro atoms. The zero-order valence-electron chi connectivity index (χ0n) is 10.6. The Morgan fingerprint density at radius 2 is 1.75 bits per heavy atom. The van der Waals surface area contributed by atoms with Crippen molar-refractivity contribution in [2.24, 2.45) is 5.73 Å². The summed E-state index contributed by atoms with van der Waals surface area (Å²) in [6.07, 6.45) is 3.02. The molecule has 0 aliphatic carbocycles. The smallest absolute Gasteiger partial charge is 0.245 e. The van der Waals surface area contributed by atoms with Crippen molar-refractivity contribution in [3.63, 3.8) is 0 Å². The van der Waals surface area contributed by atoms with Gasteiger partial charge in [-0.2, -0.15) is 0 Å². The third-order valence-corrected chi connectivity index (χ3v) is 2.07. The van der Waals surface area contributed by atoms with Gasteiger partial charge in [-0.1, -0.05) is 12.7 Å². The topological polar surface area (TPSA) is 63.4 Å². The van der Waals surface area contributed by atoms with Crippen molar-refractivity contribution in [1.29, 1.82) is 0 Å². The van der Waals surface area contributed by atoms with Crippen molar-refractivity contribution in [2.45, 2.75) is 27.7 Å². The van der Waals surface area contributed by atoms with Crippen molar-refractivity contribution in [2.75, 3.05) is 13.1 Å². The summed E-state index contributed by atoms with van der Waals surface area (Å²) in [4.78, 5) is 22.6. The van der Waals surface area contributed by atoms with Crippen molar-refractivity contribution >= 4 is 11.8 Å². The maximum Gasteiger partial charge on any atom is 0.245 e.